The monoisotopic (exact) mass is 189 g/mol. The van der Waals surface area contributed by atoms with Crippen LogP contribution in [0, 0.1) is 0 Å². The van der Waals surface area contributed by atoms with Crippen LogP contribution in [-0.2, 0) is 4.74 Å². The molecule has 0 rings (SSSR count). The summed E-state index contributed by atoms with van der Waals surface area (Å²) in [6, 6.07) is 0. The molecule has 2 heteroatoms. The summed E-state index contributed by atoms with van der Waals surface area (Å²) in [5.74, 6) is 0. The molecule has 0 aliphatic heterocycles. The molecule has 0 spiro atoms. The fraction of sp³-hybridized carbons (Fsp3) is 1.00. The van der Waals surface area contributed by atoms with Gasteiger partial charge in [-0.15, -0.1) is 0 Å². The van der Waals surface area contributed by atoms with Crippen molar-refractivity contribution >= 4 is 0 Å². The van der Waals surface area contributed by atoms with Gasteiger partial charge in [-0.2, -0.15) is 0 Å². The minimum Gasteiger partial charge on any atom is -0.379 e. The Balaban J connectivity index is 0. The van der Waals surface area contributed by atoms with Gasteiger partial charge in [0.05, 0.1) is 5.60 Å². The topological polar surface area (TPSA) is 21.3 Å². The molecular formula is C11H27NO. The van der Waals surface area contributed by atoms with Crippen molar-refractivity contribution in [2.75, 3.05) is 14.2 Å². The van der Waals surface area contributed by atoms with Crippen molar-refractivity contribution in [2.24, 2.45) is 0 Å². The molecule has 0 atom stereocenters. The molecule has 13 heavy (non-hydrogen) atoms. The summed E-state index contributed by atoms with van der Waals surface area (Å²) in [5, 5.41) is 3.25. The maximum absolute atomic E-state index is 5.34. The van der Waals surface area contributed by atoms with Gasteiger partial charge in [0.25, 0.3) is 0 Å². The largest absolute Gasteiger partial charge is 0.379 e. The van der Waals surface area contributed by atoms with Crippen molar-refractivity contribution in [3.8, 4) is 0 Å². The van der Waals surface area contributed by atoms with Crippen LogP contribution in [0.25, 0.3) is 0 Å². The quantitative estimate of drug-likeness (QED) is 0.734. The molecule has 0 unspecified atom stereocenters. The standard InChI is InChI=1S/C9H21NO.C2H6/c1-8(2,10-5)7-9(3,4)11-6;1-2/h10H,7H2,1-6H3;1-2H3. The molecule has 0 aliphatic rings. The SMILES string of the molecule is CC.CNC(C)(C)CC(C)(C)OC. The molecule has 0 bridgehead atoms. The molecule has 82 valence electrons. The average Bonchev–Trinajstić information content (AvgIpc) is 2.07. The van der Waals surface area contributed by atoms with Crippen LogP contribution in [-0.4, -0.2) is 25.3 Å². The zero-order chi connectivity index (χ0) is 11.1. The van der Waals surface area contributed by atoms with Crippen molar-refractivity contribution in [2.45, 2.75) is 59.1 Å². The van der Waals surface area contributed by atoms with E-state index in [1.54, 1.807) is 7.11 Å². The summed E-state index contributed by atoms with van der Waals surface area (Å²) in [6.07, 6.45) is 1.01. The number of ether oxygens (including phenoxy) is 1. The zero-order valence-corrected chi connectivity index (χ0v) is 10.6. The second kappa shape index (κ2) is 6.39. The number of hydrogen-bond donors (Lipinski definition) is 1. The van der Waals surface area contributed by atoms with Gasteiger partial charge < -0.3 is 10.1 Å². The first-order valence-corrected chi connectivity index (χ1v) is 5.07. The highest BCUT2D eigenvalue weighted by Crippen LogP contribution is 2.21. The highest BCUT2D eigenvalue weighted by atomic mass is 16.5. The Hall–Kier alpha value is -0.0800. The highest BCUT2D eigenvalue weighted by molar-refractivity contribution is 4.84. The molecule has 0 heterocycles. The molecule has 1 N–H and O–H groups in total. The predicted octanol–water partition coefficient (Wildman–Crippen LogP) is 2.83. The molecule has 0 aromatic rings. The average molecular weight is 189 g/mol. The first kappa shape index (κ1) is 15.4. The third kappa shape index (κ3) is 8.26. The summed E-state index contributed by atoms with van der Waals surface area (Å²) in [7, 11) is 3.73. The van der Waals surface area contributed by atoms with E-state index in [0.717, 1.165) is 6.42 Å². The molecule has 0 aromatic carbocycles. The van der Waals surface area contributed by atoms with Crippen molar-refractivity contribution in [1.82, 2.24) is 5.32 Å². The Morgan fingerprint density at radius 2 is 1.46 bits per heavy atom. The maximum atomic E-state index is 5.34. The molecule has 2 nitrogen and oxygen atoms in total. The van der Waals surface area contributed by atoms with Crippen LogP contribution in [0.2, 0.25) is 0 Å². The van der Waals surface area contributed by atoms with Gasteiger partial charge in [-0.1, -0.05) is 13.8 Å². The smallest absolute Gasteiger partial charge is 0.0640 e. The molecule has 0 fully saturated rings. The fourth-order valence-electron chi connectivity index (χ4n) is 1.22. The van der Waals surface area contributed by atoms with Crippen molar-refractivity contribution < 1.29 is 4.74 Å². The van der Waals surface area contributed by atoms with Crippen molar-refractivity contribution in [3.63, 3.8) is 0 Å². The third-order valence-electron chi connectivity index (χ3n) is 2.10. The molecule has 0 radical (unpaired) electrons. The van der Waals surface area contributed by atoms with E-state index in [4.69, 9.17) is 4.74 Å². The molecule has 0 aliphatic carbocycles. The Morgan fingerprint density at radius 1 is 1.08 bits per heavy atom. The second-order valence-corrected chi connectivity index (χ2v) is 4.27. The Morgan fingerprint density at radius 3 is 1.69 bits per heavy atom. The number of nitrogens with one attached hydrogen (secondary N) is 1. The number of rotatable bonds is 4. The molecule has 0 aromatic heterocycles. The normalized spacial score (nSPS) is 12.0. The maximum Gasteiger partial charge on any atom is 0.0640 e. The van der Waals surface area contributed by atoms with E-state index < -0.39 is 0 Å². The lowest BCUT2D eigenvalue weighted by Gasteiger charge is -2.33. The van der Waals surface area contributed by atoms with Crippen LogP contribution in [0.5, 0.6) is 0 Å². The Labute approximate surface area is 84.1 Å². The lowest BCUT2D eigenvalue weighted by molar-refractivity contribution is -0.00259. The Bertz CT molecular complexity index is 105. The lowest BCUT2D eigenvalue weighted by atomic mass is 9.89. The molecule has 0 amide bonds. The Kier molecular flexibility index (Phi) is 7.56. The van der Waals surface area contributed by atoms with E-state index in [1.807, 2.05) is 20.9 Å². The first-order chi connectivity index (χ1) is 5.83. The van der Waals surface area contributed by atoms with Gasteiger partial charge in [-0.25, -0.2) is 0 Å². The summed E-state index contributed by atoms with van der Waals surface area (Å²) >= 11 is 0. The van der Waals surface area contributed by atoms with Gasteiger partial charge in [-0.3, -0.25) is 0 Å². The van der Waals surface area contributed by atoms with E-state index in [1.165, 1.54) is 0 Å². The van der Waals surface area contributed by atoms with Crippen LogP contribution in [0.3, 0.4) is 0 Å². The fourth-order valence-corrected chi connectivity index (χ4v) is 1.22. The van der Waals surface area contributed by atoms with Crippen molar-refractivity contribution in [3.05, 3.63) is 0 Å². The summed E-state index contributed by atoms with van der Waals surface area (Å²) in [6.45, 7) is 12.6. The predicted molar refractivity (Wildman–Crippen MR) is 60.2 cm³/mol. The molecule has 0 saturated heterocycles. The van der Waals surface area contributed by atoms with Gasteiger partial charge >= 0.3 is 0 Å². The van der Waals surface area contributed by atoms with E-state index in [2.05, 4.69) is 33.0 Å². The minimum atomic E-state index is -0.0352. The van der Waals surface area contributed by atoms with E-state index in [-0.39, 0.29) is 11.1 Å². The van der Waals surface area contributed by atoms with Gasteiger partial charge in [-0.05, 0) is 41.2 Å². The third-order valence-corrected chi connectivity index (χ3v) is 2.10. The van der Waals surface area contributed by atoms with Crippen LogP contribution < -0.4 is 5.32 Å². The van der Waals surface area contributed by atoms with Crippen LogP contribution in [0.1, 0.15) is 48.0 Å². The number of hydrogen-bond acceptors (Lipinski definition) is 2. The second-order valence-electron chi connectivity index (χ2n) is 4.27. The lowest BCUT2D eigenvalue weighted by Crippen LogP contribution is -2.43. The highest BCUT2D eigenvalue weighted by Gasteiger charge is 2.26. The van der Waals surface area contributed by atoms with Gasteiger partial charge in [0.15, 0.2) is 0 Å². The van der Waals surface area contributed by atoms with Crippen LogP contribution >= 0.6 is 0 Å². The van der Waals surface area contributed by atoms with E-state index in [0.29, 0.717) is 0 Å². The minimum absolute atomic E-state index is 0.0352. The molecular weight excluding hydrogens is 162 g/mol. The van der Waals surface area contributed by atoms with E-state index in [9.17, 15) is 0 Å². The first-order valence-electron chi connectivity index (χ1n) is 5.07. The summed E-state index contributed by atoms with van der Waals surface area (Å²) in [5.41, 5.74) is 0.117. The summed E-state index contributed by atoms with van der Waals surface area (Å²) < 4.78 is 5.34. The number of methoxy groups -OCH3 is 1. The van der Waals surface area contributed by atoms with Gasteiger partial charge in [0.2, 0.25) is 0 Å². The zero-order valence-electron chi connectivity index (χ0n) is 10.6. The van der Waals surface area contributed by atoms with Crippen LogP contribution in [0.4, 0.5) is 0 Å². The molecule has 0 saturated carbocycles. The van der Waals surface area contributed by atoms with Gasteiger partial charge in [0.1, 0.15) is 0 Å². The van der Waals surface area contributed by atoms with Gasteiger partial charge in [0, 0.05) is 12.6 Å². The van der Waals surface area contributed by atoms with Crippen LogP contribution in [0.15, 0.2) is 0 Å². The summed E-state index contributed by atoms with van der Waals surface area (Å²) in [4.78, 5) is 0. The van der Waals surface area contributed by atoms with Crippen molar-refractivity contribution in [1.29, 1.82) is 0 Å². The van der Waals surface area contributed by atoms with E-state index >= 15 is 0 Å².